The summed E-state index contributed by atoms with van der Waals surface area (Å²) in [6, 6.07) is 0. The number of hydrogen-bond acceptors (Lipinski definition) is 3. The van der Waals surface area contributed by atoms with Crippen LogP contribution in [0.4, 0.5) is 0 Å². The minimum absolute atomic E-state index is 0.267. The van der Waals surface area contributed by atoms with Gasteiger partial charge in [-0.15, -0.1) is 34.1 Å². The van der Waals surface area contributed by atoms with E-state index in [0.29, 0.717) is 0 Å². The lowest BCUT2D eigenvalue weighted by atomic mass is 10.4. The normalized spacial score (nSPS) is 20.5. The van der Waals surface area contributed by atoms with Gasteiger partial charge in [0.1, 0.15) is 0 Å². The summed E-state index contributed by atoms with van der Waals surface area (Å²) in [4.78, 5) is 0. The van der Waals surface area contributed by atoms with Crippen molar-refractivity contribution in [1.29, 1.82) is 0 Å². The molecule has 0 aromatic rings. The van der Waals surface area contributed by atoms with Gasteiger partial charge in [-0.3, -0.25) is 0 Å². The summed E-state index contributed by atoms with van der Waals surface area (Å²) in [5.41, 5.74) is 0.267. The van der Waals surface area contributed by atoms with Gasteiger partial charge in [0.15, 0.2) is 0 Å². The first kappa shape index (κ1) is 10.6. The van der Waals surface area contributed by atoms with Crippen LogP contribution in [0.15, 0.2) is 0 Å². The van der Waals surface area contributed by atoms with Gasteiger partial charge in [-0.05, 0) is 30.1 Å². The maximum absolute atomic E-state index is 2.27. The third kappa shape index (κ3) is 4.92. The fourth-order valence-electron chi connectivity index (χ4n) is 0.732. The van der Waals surface area contributed by atoms with Gasteiger partial charge >= 0.3 is 0 Å². The molecule has 11 heavy (non-hydrogen) atoms. The summed E-state index contributed by atoms with van der Waals surface area (Å²) in [6.07, 6.45) is 4.19. The van der Waals surface area contributed by atoms with Gasteiger partial charge in [0, 0.05) is 0 Å². The van der Waals surface area contributed by atoms with Crippen molar-refractivity contribution in [3.8, 4) is 0 Å². The van der Waals surface area contributed by atoms with Gasteiger partial charge in [-0.2, -0.15) is 0 Å². The molecule has 0 amide bonds. The van der Waals surface area contributed by atoms with Crippen molar-refractivity contribution in [2.24, 2.45) is 0 Å². The van der Waals surface area contributed by atoms with E-state index in [0.717, 1.165) is 0 Å². The molecule has 0 nitrogen and oxygen atoms in total. The summed E-state index contributed by atoms with van der Waals surface area (Å²) in [5.74, 6) is 4.22. The van der Waals surface area contributed by atoms with Crippen molar-refractivity contribution < 1.29 is 0 Å². The van der Waals surface area contributed by atoms with E-state index >= 15 is 0 Å². The van der Waals surface area contributed by atoms with Gasteiger partial charge in [-0.1, -0.05) is 13.3 Å². The summed E-state index contributed by atoms with van der Waals surface area (Å²) in [7, 11) is 0. The second kappa shape index (κ2) is 6.94. The molecule has 66 valence electrons. The molecule has 0 aromatic carbocycles. The van der Waals surface area contributed by atoms with Gasteiger partial charge in [0.2, 0.25) is 0 Å². The first-order valence-corrected chi connectivity index (χ1v) is 10.2. The standard InChI is InChI=1S/C7H15PS3/c1-2-3-5-9-8-10-6-4-7-11-8/h2-7H2,1H3. The Bertz CT molecular complexity index is 93.7. The van der Waals surface area contributed by atoms with Crippen LogP contribution < -0.4 is 0 Å². The van der Waals surface area contributed by atoms with Crippen LogP contribution in [-0.4, -0.2) is 17.3 Å². The number of hydrogen-bond donors (Lipinski definition) is 0. The maximum atomic E-state index is 2.27. The van der Waals surface area contributed by atoms with Gasteiger partial charge in [-0.25, -0.2) is 0 Å². The summed E-state index contributed by atoms with van der Waals surface area (Å²) in [5, 5.41) is 0. The topological polar surface area (TPSA) is 0 Å². The lowest BCUT2D eigenvalue weighted by Crippen LogP contribution is -1.86. The van der Waals surface area contributed by atoms with E-state index in [1.54, 1.807) is 0 Å². The highest BCUT2D eigenvalue weighted by atomic mass is 33.4. The lowest BCUT2D eigenvalue weighted by Gasteiger charge is -2.19. The van der Waals surface area contributed by atoms with E-state index in [-0.39, 0.29) is 5.53 Å². The fourth-order valence-corrected chi connectivity index (χ4v) is 11.8. The second-order valence-electron chi connectivity index (χ2n) is 2.43. The van der Waals surface area contributed by atoms with E-state index in [2.05, 4.69) is 41.1 Å². The highest BCUT2D eigenvalue weighted by Crippen LogP contribution is 2.72. The largest absolute Gasteiger partial charge is 0.112 e. The molecular formula is C7H15PS3. The molecule has 1 fully saturated rings. The molecular weight excluding hydrogens is 211 g/mol. The molecule has 0 bridgehead atoms. The van der Waals surface area contributed by atoms with Crippen molar-refractivity contribution in [1.82, 2.24) is 0 Å². The number of unbranched alkanes of at least 4 members (excludes halogenated alkanes) is 1. The van der Waals surface area contributed by atoms with E-state index in [4.69, 9.17) is 0 Å². The molecule has 0 aromatic heterocycles. The summed E-state index contributed by atoms with van der Waals surface area (Å²) in [6.45, 7) is 2.27. The van der Waals surface area contributed by atoms with E-state index in [9.17, 15) is 0 Å². The van der Waals surface area contributed by atoms with E-state index < -0.39 is 0 Å². The Balaban J connectivity index is 1.96. The third-order valence-electron chi connectivity index (χ3n) is 1.38. The predicted molar refractivity (Wildman–Crippen MR) is 63.8 cm³/mol. The first-order chi connectivity index (χ1) is 5.43. The van der Waals surface area contributed by atoms with Crippen molar-refractivity contribution in [3.05, 3.63) is 0 Å². The smallest absolute Gasteiger partial charge is 0.0729 e. The van der Waals surface area contributed by atoms with Crippen LogP contribution in [0.3, 0.4) is 0 Å². The van der Waals surface area contributed by atoms with Crippen LogP contribution in [0, 0.1) is 0 Å². The minimum Gasteiger partial charge on any atom is -0.112 e. The van der Waals surface area contributed by atoms with E-state index in [1.165, 1.54) is 36.5 Å². The zero-order chi connectivity index (χ0) is 7.94. The molecule has 0 saturated carbocycles. The molecule has 1 aliphatic rings. The van der Waals surface area contributed by atoms with Crippen LogP contribution in [0.25, 0.3) is 0 Å². The van der Waals surface area contributed by atoms with Crippen molar-refractivity contribution in [2.45, 2.75) is 26.2 Å². The third-order valence-corrected chi connectivity index (χ3v) is 12.7. The van der Waals surface area contributed by atoms with Crippen molar-refractivity contribution in [3.63, 3.8) is 0 Å². The summed E-state index contributed by atoms with van der Waals surface area (Å²) >= 11 is 6.62. The Morgan fingerprint density at radius 2 is 2.09 bits per heavy atom. The molecule has 0 unspecified atom stereocenters. The molecule has 0 radical (unpaired) electrons. The fraction of sp³-hybridized carbons (Fsp3) is 1.00. The Kier molecular flexibility index (Phi) is 6.66. The quantitative estimate of drug-likeness (QED) is 0.507. The zero-order valence-electron chi connectivity index (χ0n) is 6.91. The average molecular weight is 226 g/mol. The van der Waals surface area contributed by atoms with Crippen LogP contribution >= 0.6 is 39.7 Å². The molecule has 1 aliphatic heterocycles. The Morgan fingerprint density at radius 1 is 1.36 bits per heavy atom. The first-order valence-electron chi connectivity index (χ1n) is 4.12. The molecule has 0 spiro atoms. The molecule has 1 rings (SSSR count). The minimum atomic E-state index is 0.267. The summed E-state index contributed by atoms with van der Waals surface area (Å²) < 4.78 is 0. The molecule has 0 aliphatic carbocycles. The SMILES string of the molecule is CCCCSP1SCCCS1. The number of rotatable bonds is 4. The molecule has 1 heterocycles. The predicted octanol–water partition coefficient (Wildman–Crippen LogP) is 4.62. The Hall–Kier alpha value is 1.48. The zero-order valence-corrected chi connectivity index (χ0v) is 10.3. The monoisotopic (exact) mass is 226 g/mol. The molecule has 0 atom stereocenters. The maximum Gasteiger partial charge on any atom is 0.0729 e. The second-order valence-corrected chi connectivity index (χ2v) is 12.6. The van der Waals surface area contributed by atoms with Crippen LogP contribution in [0.1, 0.15) is 26.2 Å². The lowest BCUT2D eigenvalue weighted by molar-refractivity contribution is 0.898. The van der Waals surface area contributed by atoms with Crippen LogP contribution in [0.2, 0.25) is 0 Å². The molecule has 4 heteroatoms. The van der Waals surface area contributed by atoms with Crippen molar-refractivity contribution in [2.75, 3.05) is 17.3 Å². The Labute approximate surface area is 83.0 Å². The Morgan fingerprint density at radius 3 is 2.73 bits per heavy atom. The van der Waals surface area contributed by atoms with Gasteiger partial charge < -0.3 is 0 Å². The van der Waals surface area contributed by atoms with Crippen LogP contribution in [-0.2, 0) is 0 Å². The van der Waals surface area contributed by atoms with Gasteiger partial charge in [0.05, 0.1) is 5.53 Å². The molecule has 1 saturated heterocycles. The van der Waals surface area contributed by atoms with E-state index in [1.807, 2.05) is 0 Å². The molecule has 0 N–H and O–H groups in total. The van der Waals surface area contributed by atoms with Gasteiger partial charge in [0.25, 0.3) is 0 Å². The van der Waals surface area contributed by atoms with Crippen LogP contribution in [0.5, 0.6) is 0 Å². The van der Waals surface area contributed by atoms with Crippen molar-refractivity contribution >= 4 is 39.7 Å². The highest BCUT2D eigenvalue weighted by Gasteiger charge is 2.13. The highest BCUT2D eigenvalue weighted by molar-refractivity contribution is 9.12. The average Bonchev–Trinajstić information content (AvgIpc) is 2.07.